The number of benzene rings is 4. The van der Waals surface area contributed by atoms with E-state index in [1.54, 1.807) is 4.90 Å². The number of aromatic nitrogens is 3. The highest BCUT2D eigenvalue weighted by Gasteiger charge is 2.39. The topological polar surface area (TPSA) is 109 Å². The van der Waals surface area contributed by atoms with Gasteiger partial charge in [-0.1, -0.05) is 91.0 Å². The lowest BCUT2D eigenvalue weighted by Crippen LogP contribution is -2.46. The third-order valence-electron chi connectivity index (χ3n) is 11.7. The highest BCUT2D eigenvalue weighted by atomic mass is 16.2. The first-order chi connectivity index (χ1) is 27.7. The molecule has 8 rings (SSSR count). The molecule has 0 spiro atoms. The standard InChI is InChI=1S/C47H51N7O3/c1-51(2)43(34-13-7-5-8-14-34)46(56)53-25-11-17-40(53)42(55)28-31-19-24-37-36(27-31)29-38(49-37)32-20-22-33(23-21-32)39-30-48-45(50-39)41-18-12-26-54(41)47(57)44(52(3)4)35-15-9-6-10-16-35/h5-10,13-16,19-24,27,29-30,40-41,43-44,49H,11-12,17-18,25-26,28H2,1-4H3,(H,48,50)/t40-,41-,43-,44-/m0/s1. The maximum atomic E-state index is 13.9. The molecule has 2 N–H and O–H groups in total. The summed E-state index contributed by atoms with van der Waals surface area (Å²) in [5.41, 5.74) is 7.82. The van der Waals surface area contributed by atoms with E-state index in [0.29, 0.717) is 19.5 Å². The summed E-state index contributed by atoms with van der Waals surface area (Å²) in [6, 6.07) is 35.1. The number of carbonyl (C=O) groups excluding carboxylic acids is 3. The minimum atomic E-state index is -0.429. The van der Waals surface area contributed by atoms with E-state index in [1.165, 1.54) is 0 Å². The van der Waals surface area contributed by atoms with Crippen LogP contribution in [0.25, 0.3) is 33.4 Å². The maximum absolute atomic E-state index is 13.9. The lowest BCUT2D eigenvalue weighted by molar-refractivity contribution is -0.141. The Balaban J connectivity index is 0.935. The van der Waals surface area contributed by atoms with Crippen molar-refractivity contribution in [3.8, 4) is 22.5 Å². The van der Waals surface area contributed by atoms with Crippen molar-refractivity contribution in [3.63, 3.8) is 0 Å². The number of imidazole rings is 1. The van der Waals surface area contributed by atoms with Gasteiger partial charge in [-0.15, -0.1) is 0 Å². The maximum Gasteiger partial charge on any atom is 0.245 e. The van der Waals surface area contributed by atoms with E-state index < -0.39 is 12.1 Å². The zero-order valence-electron chi connectivity index (χ0n) is 33.2. The molecule has 2 aliphatic heterocycles. The van der Waals surface area contributed by atoms with Gasteiger partial charge >= 0.3 is 0 Å². The monoisotopic (exact) mass is 761 g/mol. The number of likely N-dealkylation sites (N-methyl/N-ethyl adjacent to an activating group) is 2. The van der Waals surface area contributed by atoms with E-state index >= 15 is 0 Å². The molecular weight excluding hydrogens is 711 g/mol. The van der Waals surface area contributed by atoms with E-state index in [2.05, 4.69) is 46.4 Å². The highest BCUT2D eigenvalue weighted by Crippen LogP contribution is 2.36. The normalized spacial score (nSPS) is 18.1. The number of rotatable bonds is 12. The molecular formula is C47H51N7O3. The number of aromatic amines is 2. The number of nitrogens with one attached hydrogen (secondary N) is 2. The molecule has 0 unspecified atom stereocenters. The van der Waals surface area contributed by atoms with Gasteiger partial charge in [-0.05, 0) is 99.9 Å². The number of fused-ring (bicyclic) bond motifs is 1. The van der Waals surface area contributed by atoms with Crippen LogP contribution in [-0.4, -0.2) is 99.5 Å². The Morgan fingerprint density at radius 2 is 1.26 bits per heavy atom. The zero-order chi connectivity index (χ0) is 39.6. The molecule has 10 heteroatoms. The molecule has 0 aliphatic carbocycles. The van der Waals surface area contributed by atoms with Crippen LogP contribution in [0.5, 0.6) is 0 Å². The Morgan fingerprint density at radius 1 is 0.684 bits per heavy atom. The second-order valence-corrected chi connectivity index (χ2v) is 15.9. The van der Waals surface area contributed by atoms with Gasteiger partial charge < -0.3 is 19.8 Å². The first-order valence-corrected chi connectivity index (χ1v) is 20.0. The van der Waals surface area contributed by atoms with Gasteiger partial charge in [0.05, 0.1) is 24.0 Å². The molecule has 0 bridgehead atoms. The summed E-state index contributed by atoms with van der Waals surface area (Å²) in [5.74, 6) is 0.971. The van der Waals surface area contributed by atoms with Crippen molar-refractivity contribution in [2.75, 3.05) is 41.3 Å². The largest absolute Gasteiger partial charge is 0.355 e. The molecule has 2 fully saturated rings. The van der Waals surface area contributed by atoms with Gasteiger partial charge in [0.2, 0.25) is 11.8 Å². The average Bonchev–Trinajstić information content (AvgIpc) is 4.05. The van der Waals surface area contributed by atoms with Gasteiger partial charge in [-0.3, -0.25) is 24.2 Å². The highest BCUT2D eigenvalue weighted by molar-refractivity contribution is 5.94. The van der Waals surface area contributed by atoms with Crippen molar-refractivity contribution >= 4 is 28.5 Å². The summed E-state index contributed by atoms with van der Waals surface area (Å²) in [6.45, 7) is 1.31. The van der Waals surface area contributed by atoms with Crippen LogP contribution >= 0.6 is 0 Å². The Morgan fingerprint density at radius 3 is 1.89 bits per heavy atom. The van der Waals surface area contributed by atoms with E-state index in [1.807, 2.05) is 122 Å². The predicted molar refractivity (Wildman–Crippen MR) is 224 cm³/mol. The summed E-state index contributed by atoms with van der Waals surface area (Å²) in [6.07, 6.45) is 5.46. The van der Waals surface area contributed by atoms with Gasteiger partial charge in [0.25, 0.3) is 0 Å². The van der Waals surface area contributed by atoms with Crippen LogP contribution in [-0.2, 0) is 20.8 Å². The van der Waals surface area contributed by atoms with Crippen molar-refractivity contribution in [1.29, 1.82) is 0 Å². The molecule has 10 nitrogen and oxygen atoms in total. The average molecular weight is 762 g/mol. The smallest absolute Gasteiger partial charge is 0.245 e. The van der Waals surface area contributed by atoms with E-state index in [0.717, 1.165) is 75.2 Å². The lowest BCUT2D eigenvalue weighted by Gasteiger charge is -2.31. The molecule has 0 saturated carbocycles. The summed E-state index contributed by atoms with van der Waals surface area (Å²) in [5, 5.41) is 1.04. The summed E-state index contributed by atoms with van der Waals surface area (Å²) >= 11 is 0. The summed E-state index contributed by atoms with van der Waals surface area (Å²) in [7, 11) is 7.73. The second-order valence-electron chi connectivity index (χ2n) is 15.9. The number of hydrogen-bond donors (Lipinski definition) is 2. The summed E-state index contributed by atoms with van der Waals surface area (Å²) < 4.78 is 0. The number of likely N-dealkylation sites (tertiary alicyclic amines) is 2. The lowest BCUT2D eigenvalue weighted by atomic mass is 9.99. The van der Waals surface area contributed by atoms with E-state index in [9.17, 15) is 14.4 Å². The molecule has 2 amide bonds. The van der Waals surface area contributed by atoms with E-state index in [-0.39, 0.29) is 36.1 Å². The van der Waals surface area contributed by atoms with Crippen molar-refractivity contribution in [3.05, 3.63) is 138 Å². The van der Waals surface area contributed by atoms with Crippen LogP contribution in [0, 0.1) is 0 Å². The fourth-order valence-electron chi connectivity index (χ4n) is 8.84. The van der Waals surface area contributed by atoms with Crippen LogP contribution in [0.1, 0.15) is 66.3 Å². The summed E-state index contributed by atoms with van der Waals surface area (Å²) in [4.78, 5) is 61.1. The predicted octanol–water partition coefficient (Wildman–Crippen LogP) is 7.60. The second kappa shape index (κ2) is 16.3. The van der Waals surface area contributed by atoms with Gasteiger partial charge in [-0.25, -0.2) is 4.98 Å². The quantitative estimate of drug-likeness (QED) is 0.133. The first kappa shape index (κ1) is 38.1. The Labute approximate surface area is 334 Å². The van der Waals surface area contributed by atoms with Gasteiger partial charge in [0.1, 0.15) is 17.9 Å². The molecule has 0 radical (unpaired) electrons. The van der Waals surface area contributed by atoms with Gasteiger partial charge in [0.15, 0.2) is 5.78 Å². The molecule has 2 aliphatic rings. The van der Waals surface area contributed by atoms with Crippen LogP contribution < -0.4 is 0 Å². The SMILES string of the molecule is CN(C)[C@H](C(=O)N1CCC[C@H]1C(=O)Cc1ccc2[nH]c(-c3ccc(-c4cnc([C@@H]5CCCN5C(=O)[C@H](c5ccccc5)N(C)C)[nH]4)cc3)cc2c1)c1ccccc1. The van der Waals surface area contributed by atoms with Crippen LogP contribution in [0.3, 0.4) is 0 Å². The van der Waals surface area contributed by atoms with Crippen molar-refractivity contribution in [2.45, 2.75) is 56.3 Å². The Kier molecular flexibility index (Phi) is 10.9. The molecule has 2 saturated heterocycles. The molecule has 6 aromatic rings. The third-order valence-corrected chi connectivity index (χ3v) is 11.7. The van der Waals surface area contributed by atoms with Crippen molar-refractivity contribution in [2.24, 2.45) is 0 Å². The Bertz CT molecular complexity index is 2350. The minimum Gasteiger partial charge on any atom is -0.355 e. The van der Waals surface area contributed by atoms with Crippen LogP contribution in [0.2, 0.25) is 0 Å². The fraction of sp³-hybridized carbons (Fsp3) is 0.319. The minimum absolute atomic E-state index is 0.0171. The van der Waals surface area contributed by atoms with Crippen molar-refractivity contribution < 1.29 is 14.4 Å². The van der Waals surface area contributed by atoms with Gasteiger partial charge in [0, 0.05) is 36.1 Å². The third kappa shape index (κ3) is 7.80. The number of amides is 2. The molecule has 57 heavy (non-hydrogen) atoms. The molecule has 2 aromatic heterocycles. The van der Waals surface area contributed by atoms with E-state index in [4.69, 9.17) is 4.98 Å². The number of ketones is 1. The fourth-order valence-corrected chi connectivity index (χ4v) is 8.84. The van der Waals surface area contributed by atoms with Crippen molar-refractivity contribution in [1.82, 2.24) is 34.6 Å². The number of carbonyl (C=O) groups is 3. The molecule has 4 atom stereocenters. The molecule has 292 valence electrons. The van der Waals surface area contributed by atoms with Crippen LogP contribution in [0.15, 0.2) is 115 Å². The number of H-pyrrole nitrogens is 2. The molecule has 4 aromatic carbocycles. The first-order valence-electron chi connectivity index (χ1n) is 20.0. The Hall–Kier alpha value is -5.84. The number of nitrogens with zero attached hydrogens (tertiary/aromatic N) is 5. The number of Topliss-reactive ketones (excluding diaryl/α,β-unsaturated/α-hetero) is 1. The number of hydrogen-bond acceptors (Lipinski definition) is 6. The van der Waals surface area contributed by atoms with Gasteiger partial charge in [-0.2, -0.15) is 0 Å². The van der Waals surface area contributed by atoms with Crippen LogP contribution in [0.4, 0.5) is 0 Å². The zero-order valence-corrected chi connectivity index (χ0v) is 33.2. The molecule has 4 heterocycles.